The number of fused-ring (bicyclic) bond motifs is 1. The topological polar surface area (TPSA) is 54.5 Å². The van der Waals surface area contributed by atoms with Crippen LogP contribution in [-0.2, 0) is 10.2 Å². The fraction of sp³-hybridized carbons (Fsp3) is 0.481. The third kappa shape index (κ3) is 4.31. The van der Waals surface area contributed by atoms with E-state index in [9.17, 15) is 4.79 Å². The number of hydrogen-bond donors (Lipinski definition) is 1. The number of carbonyl (C=O) groups excluding carboxylic acids is 1. The molecular formula is C27H33N3O2. The first kappa shape index (κ1) is 21.2. The molecule has 168 valence electrons. The molecule has 0 radical (unpaired) electrons. The van der Waals surface area contributed by atoms with Crippen LogP contribution in [-0.4, -0.2) is 48.6 Å². The highest BCUT2D eigenvalue weighted by molar-refractivity contribution is 5.94. The van der Waals surface area contributed by atoms with Crippen LogP contribution in [0.4, 0.5) is 5.69 Å². The lowest BCUT2D eigenvalue weighted by Crippen LogP contribution is -2.32. The van der Waals surface area contributed by atoms with Crippen LogP contribution in [0, 0.1) is 17.8 Å². The van der Waals surface area contributed by atoms with Crippen molar-refractivity contribution in [2.75, 3.05) is 38.2 Å². The molecule has 2 atom stereocenters. The highest BCUT2D eigenvalue weighted by Gasteiger charge is 2.56. The van der Waals surface area contributed by atoms with Crippen LogP contribution in [0.1, 0.15) is 48.8 Å². The Bertz CT molecular complexity index is 993. The van der Waals surface area contributed by atoms with Gasteiger partial charge in [-0.15, -0.1) is 0 Å². The molecule has 2 unspecified atom stereocenters. The number of hydrogen-bond acceptors (Lipinski definition) is 4. The summed E-state index contributed by atoms with van der Waals surface area (Å²) in [6, 6.07) is 12.4. The maximum atomic E-state index is 12.9. The standard InChI is InChI=1S/C27H33N3O2/c1-27(2,3)20-6-4-19(5-7-20)26(31)30-16-23-22(24(23)17-30)15-28-21-8-9-25(29-14-21)18-10-12-32-13-11-18/h4-10,14,22-24,28H,11-13,15-17H2,1-3H3. The molecule has 5 nitrogen and oxygen atoms in total. The van der Waals surface area contributed by atoms with E-state index in [-0.39, 0.29) is 11.3 Å². The van der Waals surface area contributed by atoms with Gasteiger partial charge < -0.3 is 15.0 Å². The number of anilines is 1. The van der Waals surface area contributed by atoms with E-state index in [0.29, 0.717) is 24.4 Å². The second-order valence-electron chi connectivity index (χ2n) is 10.4. The maximum absolute atomic E-state index is 12.9. The largest absolute Gasteiger partial charge is 0.383 e. The molecule has 1 saturated heterocycles. The van der Waals surface area contributed by atoms with Crippen LogP contribution in [0.5, 0.6) is 0 Å². The predicted molar refractivity (Wildman–Crippen MR) is 128 cm³/mol. The van der Waals surface area contributed by atoms with Gasteiger partial charge in [0.15, 0.2) is 0 Å². The van der Waals surface area contributed by atoms with Gasteiger partial charge in [0.2, 0.25) is 0 Å². The van der Waals surface area contributed by atoms with Gasteiger partial charge in [-0.25, -0.2) is 0 Å². The Balaban J connectivity index is 1.10. The van der Waals surface area contributed by atoms with Crippen LogP contribution >= 0.6 is 0 Å². The molecule has 1 aromatic carbocycles. The zero-order valence-corrected chi connectivity index (χ0v) is 19.3. The zero-order chi connectivity index (χ0) is 22.3. The van der Waals surface area contributed by atoms with Crippen molar-refractivity contribution in [1.29, 1.82) is 0 Å². The molecule has 5 heteroatoms. The van der Waals surface area contributed by atoms with Crippen molar-refractivity contribution >= 4 is 17.2 Å². The van der Waals surface area contributed by atoms with Gasteiger partial charge in [0.1, 0.15) is 0 Å². The summed E-state index contributed by atoms with van der Waals surface area (Å²) in [7, 11) is 0. The minimum atomic E-state index is 0.106. The van der Waals surface area contributed by atoms with Crippen molar-refractivity contribution < 1.29 is 9.53 Å². The van der Waals surface area contributed by atoms with E-state index in [1.807, 2.05) is 23.2 Å². The van der Waals surface area contributed by atoms with Crippen LogP contribution in [0.15, 0.2) is 48.7 Å². The smallest absolute Gasteiger partial charge is 0.253 e. The van der Waals surface area contributed by atoms with Crippen molar-refractivity contribution in [1.82, 2.24) is 9.88 Å². The number of ether oxygens (including phenoxy) is 1. The number of carbonyl (C=O) groups is 1. The average Bonchev–Trinajstić information content (AvgIpc) is 3.26. The highest BCUT2D eigenvalue weighted by Crippen LogP contribution is 2.51. The summed E-state index contributed by atoms with van der Waals surface area (Å²) in [4.78, 5) is 19.6. The van der Waals surface area contributed by atoms with Gasteiger partial charge in [0.25, 0.3) is 5.91 Å². The molecule has 3 heterocycles. The Morgan fingerprint density at radius 1 is 1.12 bits per heavy atom. The molecule has 1 amide bonds. The molecule has 2 aromatic rings. The third-order valence-corrected chi connectivity index (χ3v) is 7.25. The molecule has 1 N–H and O–H groups in total. The fourth-order valence-electron chi connectivity index (χ4n) is 5.10. The van der Waals surface area contributed by atoms with Crippen molar-refractivity contribution in [3.8, 4) is 0 Å². The number of rotatable bonds is 5. The first-order valence-corrected chi connectivity index (χ1v) is 11.8. The zero-order valence-electron chi connectivity index (χ0n) is 19.3. The Labute approximate surface area is 190 Å². The minimum Gasteiger partial charge on any atom is -0.383 e. The molecule has 0 spiro atoms. The van der Waals surface area contributed by atoms with Gasteiger partial charge in [-0.1, -0.05) is 39.0 Å². The normalized spacial score (nSPS) is 24.7. The minimum absolute atomic E-state index is 0.106. The number of pyridine rings is 1. The molecule has 1 aliphatic carbocycles. The molecular weight excluding hydrogens is 398 g/mol. The van der Waals surface area contributed by atoms with E-state index in [1.54, 1.807) is 0 Å². The lowest BCUT2D eigenvalue weighted by atomic mass is 9.86. The first-order chi connectivity index (χ1) is 15.4. The van der Waals surface area contributed by atoms with E-state index in [1.165, 1.54) is 11.1 Å². The highest BCUT2D eigenvalue weighted by atomic mass is 16.5. The molecule has 2 fully saturated rings. The Morgan fingerprint density at radius 2 is 1.88 bits per heavy atom. The van der Waals surface area contributed by atoms with Crippen molar-refractivity contribution in [3.05, 3.63) is 65.5 Å². The van der Waals surface area contributed by atoms with Gasteiger partial charge in [-0.3, -0.25) is 9.78 Å². The number of amides is 1. The fourth-order valence-corrected chi connectivity index (χ4v) is 5.10. The van der Waals surface area contributed by atoms with Crippen molar-refractivity contribution in [2.45, 2.75) is 32.6 Å². The van der Waals surface area contributed by atoms with Crippen molar-refractivity contribution in [2.24, 2.45) is 17.8 Å². The second-order valence-corrected chi connectivity index (χ2v) is 10.4. The average molecular weight is 432 g/mol. The van der Waals surface area contributed by atoms with Gasteiger partial charge in [0.05, 0.1) is 30.8 Å². The molecule has 1 aromatic heterocycles. The Hall–Kier alpha value is -2.66. The van der Waals surface area contributed by atoms with Gasteiger partial charge >= 0.3 is 0 Å². The summed E-state index contributed by atoms with van der Waals surface area (Å²) in [6.07, 6.45) is 4.98. The van der Waals surface area contributed by atoms with E-state index < -0.39 is 0 Å². The number of nitrogens with one attached hydrogen (secondary N) is 1. The van der Waals surface area contributed by atoms with Crippen LogP contribution in [0.2, 0.25) is 0 Å². The van der Waals surface area contributed by atoms with Crippen LogP contribution in [0.3, 0.4) is 0 Å². The van der Waals surface area contributed by atoms with Gasteiger partial charge in [-0.2, -0.15) is 0 Å². The monoisotopic (exact) mass is 431 g/mol. The van der Waals surface area contributed by atoms with Crippen LogP contribution in [0.25, 0.3) is 5.57 Å². The maximum Gasteiger partial charge on any atom is 0.253 e. The molecule has 3 aliphatic rings. The molecule has 0 bridgehead atoms. The first-order valence-electron chi connectivity index (χ1n) is 11.8. The number of likely N-dealkylation sites (tertiary alicyclic amines) is 1. The van der Waals surface area contributed by atoms with Gasteiger partial charge in [-0.05, 0) is 65.0 Å². The number of aromatic nitrogens is 1. The Kier molecular flexibility index (Phi) is 5.54. The summed E-state index contributed by atoms with van der Waals surface area (Å²) in [5, 5.41) is 3.55. The number of piperidine rings is 1. The van der Waals surface area contributed by atoms with E-state index >= 15 is 0 Å². The summed E-state index contributed by atoms with van der Waals surface area (Å²) in [5.74, 6) is 2.08. The predicted octanol–water partition coefficient (Wildman–Crippen LogP) is 4.61. The lowest BCUT2D eigenvalue weighted by Gasteiger charge is -2.22. The van der Waals surface area contributed by atoms with E-state index in [4.69, 9.17) is 4.74 Å². The molecule has 2 aliphatic heterocycles. The lowest BCUT2D eigenvalue weighted by molar-refractivity contribution is 0.0768. The summed E-state index contributed by atoms with van der Waals surface area (Å²) >= 11 is 0. The quantitative estimate of drug-likeness (QED) is 0.751. The summed E-state index contributed by atoms with van der Waals surface area (Å²) < 4.78 is 5.38. The molecule has 5 rings (SSSR count). The van der Waals surface area contributed by atoms with Crippen molar-refractivity contribution in [3.63, 3.8) is 0 Å². The molecule has 1 saturated carbocycles. The number of nitrogens with zero attached hydrogens (tertiary/aromatic N) is 2. The third-order valence-electron chi connectivity index (χ3n) is 7.25. The second kappa shape index (κ2) is 8.36. The summed E-state index contributed by atoms with van der Waals surface area (Å²) in [5.41, 5.74) is 5.56. The van der Waals surface area contributed by atoms with Gasteiger partial charge in [0, 0.05) is 25.2 Å². The number of benzene rings is 1. The van der Waals surface area contributed by atoms with E-state index in [0.717, 1.165) is 49.6 Å². The Morgan fingerprint density at radius 3 is 2.47 bits per heavy atom. The summed E-state index contributed by atoms with van der Waals surface area (Å²) in [6.45, 7) is 10.8. The van der Waals surface area contributed by atoms with Crippen LogP contribution < -0.4 is 5.32 Å². The molecule has 32 heavy (non-hydrogen) atoms. The SMILES string of the molecule is CC(C)(C)c1ccc(C(=O)N2CC3C(CNc4ccc(C5=CCOCC5)nc4)C3C2)cc1. The van der Waals surface area contributed by atoms with E-state index in [2.05, 4.69) is 61.4 Å².